The molecule has 8 rings (SSSR count). The molecule has 5 aliphatic rings. The average Bonchev–Trinajstić information content (AvgIpc) is 3.53. The van der Waals surface area contributed by atoms with Gasteiger partial charge in [-0.3, -0.25) is 0 Å². The number of hydrogen-bond donors (Lipinski definition) is 1. The first-order valence-electron chi connectivity index (χ1n) is 18.5. The maximum atomic E-state index is 5.84. The van der Waals surface area contributed by atoms with Crippen molar-refractivity contribution in [3.63, 3.8) is 0 Å². The summed E-state index contributed by atoms with van der Waals surface area (Å²) in [6.07, 6.45) is 30.6. The second-order valence-electron chi connectivity index (χ2n) is 14.0. The zero-order valence-corrected chi connectivity index (χ0v) is 29.9. The summed E-state index contributed by atoms with van der Waals surface area (Å²) in [5.74, 6) is 2.78. The molecule has 2 aromatic carbocycles. The molecule has 3 aromatic rings. The van der Waals surface area contributed by atoms with Crippen LogP contribution in [0.3, 0.4) is 0 Å². The van der Waals surface area contributed by atoms with Gasteiger partial charge in [0.25, 0.3) is 0 Å². The Bertz CT molecular complexity index is 2210. The smallest absolute Gasteiger partial charge is 0.159 e. The molecule has 256 valence electrons. The van der Waals surface area contributed by atoms with E-state index in [1.54, 1.807) is 0 Å². The van der Waals surface area contributed by atoms with E-state index < -0.39 is 0 Å². The van der Waals surface area contributed by atoms with E-state index in [9.17, 15) is 0 Å². The Hall–Kier alpha value is -5.42. The second kappa shape index (κ2) is 14.1. The van der Waals surface area contributed by atoms with Gasteiger partial charge < -0.3 is 14.6 Å². The van der Waals surface area contributed by atoms with Crippen molar-refractivity contribution in [2.45, 2.75) is 71.7 Å². The van der Waals surface area contributed by atoms with E-state index >= 15 is 0 Å². The molecule has 51 heavy (non-hydrogen) atoms. The molecule has 0 saturated carbocycles. The van der Waals surface area contributed by atoms with Crippen molar-refractivity contribution in [2.75, 3.05) is 0 Å². The lowest BCUT2D eigenvalue weighted by Crippen LogP contribution is -2.34. The minimum Gasteiger partial charge on any atom is -0.487 e. The Morgan fingerprint density at radius 2 is 1.78 bits per heavy atom. The molecule has 3 aliphatic carbocycles. The highest BCUT2D eigenvalue weighted by molar-refractivity contribution is 6.14. The number of aryl methyl sites for hydroxylation is 2. The number of allylic oxidation sites excluding steroid dienone is 11. The zero-order chi connectivity index (χ0) is 34.9. The van der Waals surface area contributed by atoms with E-state index in [-0.39, 0.29) is 12.3 Å². The molecular formula is C46H46N4O. The lowest BCUT2D eigenvalue weighted by atomic mass is 9.82. The fraction of sp³-hybridized carbons (Fsp3) is 0.261. The Labute approximate surface area is 301 Å². The molecule has 0 fully saturated rings. The van der Waals surface area contributed by atoms with E-state index in [2.05, 4.69) is 121 Å². The Morgan fingerprint density at radius 3 is 2.59 bits per heavy atom. The van der Waals surface area contributed by atoms with Crippen molar-refractivity contribution in [3.05, 3.63) is 161 Å². The van der Waals surface area contributed by atoms with Gasteiger partial charge in [-0.15, -0.1) is 0 Å². The van der Waals surface area contributed by atoms with Gasteiger partial charge in [0, 0.05) is 28.8 Å². The highest BCUT2D eigenvalue weighted by Gasteiger charge is 2.26. The quantitative estimate of drug-likeness (QED) is 0.284. The number of para-hydroxylation sites is 1. The number of aliphatic imine (C=N–C) groups is 2. The zero-order valence-electron chi connectivity index (χ0n) is 29.9. The van der Waals surface area contributed by atoms with Crippen LogP contribution < -0.4 is 5.32 Å². The molecule has 3 unspecified atom stereocenters. The third-order valence-electron chi connectivity index (χ3n) is 10.6. The number of nitrogens with zero attached hydrogens (tertiary/aromatic N) is 3. The van der Waals surface area contributed by atoms with Crippen LogP contribution in [-0.2, 0) is 17.7 Å². The first kappa shape index (κ1) is 32.8. The molecule has 1 aromatic heterocycles. The molecule has 5 nitrogen and oxygen atoms in total. The van der Waals surface area contributed by atoms with Crippen molar-refractivity contribution in [1.29, 1.82) is 0 Å². The number of hydrogen-bond acceptors (Lipinski definition) is 4. The minimum absolute atomic E-state index is 0.110. The summed E-state index contributed by atoms with van der Waals surface area (Å²) in [5, 5.41) is 5.05. The van der Waals surface area contributed by atoms with Gasteiger partial charge in [-0.1, -0.05) is 111 Å². The third kappa shape index (κ3) is 6.49. The lowest BCUT2D eigenvalue weighted by Gasteiger charge is -2.25. The lowest BCUT2D eigenvalue weighted by molar-refractivity contribution is 0.182. The topological polar surface area (TPSA) is 50.9 Å². The summed E-state index contributed by atoms with van der Waals surface area (Å²) in [6.45, 7) is 11.6. The maximum absolute atomic E-state index is 5.84. The first-order chi connectivity index (χ1) is 25.0. The highest BCUT2D eigenvalue weighted by Crippen LogP contribution is 2.41. The molecule has 0 radical (unpaired) electrons. The first-order valence-corrected chi connectivity index (χ1v) is 18.5. The molecule has 5 heteroatoms. The molecule has 0 amide bonds. The number of fused-ring (bicyclic) bond motifs is 3. The monoisotopic (exact) mass is 670 g/mol. The second-order valence-corrected chi connectivity index (χ2v) is 14.0. The SMILES string of the molecule is C=C1\C=C/C=C(C2=NC(c3ccc(-c4cccc5c6c(n(CC)c45)C=C(C4=CC=CCC4C)CC6)cc3)NC(C3=CC=CCC3)=N2)\C=C/C(C)O1. The van der Waals surface area contributed by atoms with Crippen LogP contribution in [0.1, 0.15) is 69.4 Å². The predicted octanol–water partition coefficient (Wildman–Crippen LogP) is 10.8. The van der Waals surface area contributed by atoms with E-state index in [4.69, 9.17) is 14.7 Å². The number of amidine groups is 2. The van der Waals surface area contributed by atoms with Gasteiger partial charge in [-0.2, -0.15) is 0 Å². The summed E-state index contributed by atoms with van der Waals surface area (Å²) < 4.78 is 8.39. The van der Waals surface area contributed by atoms with Gasteiger partial charge >= 0.3 is 0 Å². The Kier molecular flexibility index (Phi) is 9.04. The van der Waals surface area contributed by atoms with Gasteiger partial charge in [0.1, 0.15) is 23.9 Å². The highest BCUT2D eigenvalue weighted by atomic mass is 16.5. The largest absolute Gasteiger partial charge is 0.487 e. The van der Waals surface area contributed by atoms with Gasteiger partial charge in [-0.05, 0) is 104 Å². The molecule has 3 atom stereocenters. The van der Waals surface area contributed by atoms with Crippen LogP contribution in [0.5, 0.6) is 0 Å². The van der Waals surface area contributed by atoms with Gasteiger partial charge in [0.05, 0.1) is 5.52 Å². The van der Waals surface area contributed by atoms with Gasteiger partial charge in [-0.25, -0.2) is 9.98 Å². The molecule has 0 saturated heterocycles. The molecule has 0 bridgehead atoms. The van der Waals surface area contributed by atoms with Crippen molar-refractivity contribution >= 4 is 28.7 Å². The van der Waals surface area contributed by atoms with Crippen LogP contribution >= 0.6 is 0 Å². The number of benzene rings is 2. The van der Waals surface area contributed by atoms with Gasteiger partial charge in [0.2, 0.25) is 0 Å². The normalized spacial score (nSPS) is 25.3. The van der Waals surface area contributed by atoms with E-state index in [0.29, 0.717) is 17.5 Å². The van der Waals surface area contributed by atoms with E-state index in [1.807, 2.05) is 31.2 Å². The number of nitrogens with one attached hydrogen (secondary N) is 1. The van der Waals surface area contributed by atoms with Crippen LogP contribution in [0.2, 0.25) is 0 Å². The van der Waals surface area contributed by atoms with E-state index in [0.717, 1.165) is 55.6 Å². The predicted molar refractivity (Wildman–Crippen MR) is 214 cm³/mol. The molecule has 3 heterocycles. The van der Waals surface area contributed by atoms with Crippen LogP contribution in [0.15, 0.2) is 154 Å². The van der Waals surface area contributed by atoms with Gasteiger partial charge in [0.15, 0.2) is 5.84 Å². The Balaban J connectivity index is 1.16. The fourth-order valence-corrected chi connectivity index (χ4v) is 7.96. The summed E-state index contributed by atoms with van der Waals surface area (Å²) in [7, 11) is 0. The number of ether oxygens (including phenoxy) is 1. The van der Waals surface area contributed by atoms with Crippen molar-refractivity contribution < 1.29 is 4.74 Å². The minimum atomic E-state index is -0.277. The number of aromatic nitrogens is 1. The van der Waals surface area contributed by atoms with Crippen LogP contribution in [0.4, 0.5) is 0 Å². The average molecular weight is 671 g/mol. The van der Waals surface area contributed by atoms with Crippen molar-refractivity contribution in [1.82, 2.24) is 9.88 Å². The summed E-state index contributed by atoms with van der Waals surface area (Å²) in [6, 6.07) is 15.8. The standard InChI is InChI=1S/C46H46N4O/c1-5-50-42-29-37(38-18-10-9-13-30(38)2)27-28-40(42)41-20-12-19-39(43(41)50)33-23-25-36(26-24-33)46-48-44(34-15-7-6-8-16-34)47-45(49-46)35-17-11-14-31(3)51-32(4)21-22-35/h6-7,9-12,14-15,17-26,29-30,32,46H,3,5,8,13,16,27-28H2,1-2,4H3,(H,47,48,49)/b14-11-,22-21-,35-17+. The molecule has 2 aliphatic heterocycles. The van der Waals surface area contributed by atoms with Crippen LogP contribution in [0, 0.1) is 5.92 Å². The summed E-state index contributed by atoms with van der Waals surface area (Å²) in [5.41, 5.74) is 12.9. The maximum Gasteiger partial charge on any atom is 0.159 e. The molecular weight excluding hydrogens is 625 g/mol. The molecule has 1 N–H and O–H groups in total. The third-order valence-corrected chi connectivity index (χ3v) is 10.6. The summed E-state index contributed by atoms with van der Waals surface area (Å²) in [4.78, 5) is 10.2. The summed E-state index contributed by atoms with van der Waals surface area (Å²) >= 11 is 0. The molecule has 0 spiro atoms. The van der Waals surface area contributed by atoms with Crippen molar-refractivity contribution in [2.24, 2.45) is 15.9 Å². The van der Waals surface area contributed by atoms with Crippen molar-refractivity contribution in [3.8, 4) is 11.1 Å². The Morgan fingerprint density at radius 1 is 0.922 bits per heavy atom. The fourth-order valence-electron chi connectivity index (χ4n) is 7.96. The number of rotatable bonds is 6. The van der Waals surface area contributed by atoms with E-state index in [1.165, 1.54) is 50.0 Å². The van der Waals surface area contributed by atoms with Crippen LogP contribution in [-0.4, -0.2) is 22.3 Å². The van der Waals surface area contributed by atoms with Crippen LogP contribution in [0.25, 0.3) is 28.1 Å².